The van der Waals surface area contributed by atoms with Gasteiger partial charge in [-0.25, -0.2) is 0 Å². The zero-order valence-corrected chi connectivity index (χ0v) is 15.6. The number of benzene rings is 2. The van der Waals surface area contributed by atoms with Gasteiger partial charge in [-0.15, -0.1) is 0 Å². The number of ketones is 1. The second-order valence-corrected chi connectivity index (χ2v) is 13.1. The molecular weight excluding hydrogens is 312 g/mol. The smallest absolute Gasteiger partial charge is 0.192 e. The Morgan fingerprint density at radius 2 is 1.58 bits per heavy atom. The van der Waals surface area contributed by atoms with Crippen molar-refractivity contribution < 1.29 is 9.53 Å². The minimum atomic E-state index is -1.26. The van der Waals surface area contributed by atoms with Gasteiger partial charge < -0.3 is 4.74 Å². The lowest BCUT2D eigenvalue weighted by Crippen LogP contribution is -2.26. The van der Waals surface area contributed by atoms with E-state index in [1.807, 2.05) is 60.7 Å². The Morgan fingerprint density at radius 1 is 1.00 bits per heavy atom. The predicted octanol–water partition coefficient (Wildman–Crippen LogP) is 5.41. The highest BCUT2D eigenvalue weighted by Crippen LogP contribution is 2.37. The van der Waals surface area contributed by atoms with Crippen LogP contribution in [0.4, 0.5) is 0 Å². The fraction of sp³-hybridized carbons (Fsp3) is 0.286. The molecule has 0 radical (unpaired) electrons. The zero-order valence-electron chi connectivity index (χ0n) is 14.6. The molecule has 124 valence electrons. The molecule has 1 unspecified atom stereocenters. The molecule has 1 aliphatic rings. The van der Waals surface area contributed by atoms with E-state index in [0.717, 1.165) is 28.5 Å². The normalized spacial score (nSPS) is 17.7. The van der Waals surface area contributed by atoms with Crippen LogP contribution in [0.3, 0.4) is 0 Å². The molecule has 0 spiro atoms. The number of ether oxygens (including phenoxy) is 1. The summed E-state index contributed by atoms with van der Waals surface area (Å²) >= 11 is 0. The van der Waals surface area contributed by atoms with Crippen LogP contribution in [-0.2, 0) is 4.74 Å². The number of carbonyl (C=O) groups is 1. The summed E-state index contributed by atoms with van der Waals surface area (Å²) in [7, 11) is -1.26. The Kier molecular flexibility index (Phi) is 4.72. The second kappa shape index (κ2) is 6.77. The van der Waals surface area contributed by atoms with E-state index in [2.05, 4.69) is 19.6 Å². The van der Waals surface area contributed by atoms with Crippen molar-refractivity contribution in [2.75, 3.05) is 0 Å². The van der Waals surface area contributed by atoms with E-state index in [0.29, 0.717) is 6.42 Å². The Bertz CT molecular complexity index is 742. The van der Waals surface area contributed by atoms with Gasteiger partial charge in [-0.05, 0) is 6.04 Å². The van der Waals surface area contributed by atoms with Gasteiger partial charge in [0.15, 0.2) is 5.78 Å². The molecule has 3 rings (SSSR count). The van der Waals surface area contributed by atoms with Crippen LogP contribution in [0.25, 0.3) is 5.76 Å². The number of rotatable bonds is 5. The highest BCUT2D eigenvalue weighted by molar-refractivity contribution is 6.76. The SMILES string of the molecule is C[Si](C)(C)CC1CC(C(=O)c2ccccc2)=C(c2ccccc2)O1. The van der Waals surface area contributed by atoms with Crippen molar-refractivity contribution in [3.8, 4) is 0 Å². The van der Waals surface area contributed by atoms with Gasteiger partial charge in [0.25, 0.3) is 0 Å². The number of hydrogen-bond acceptors (Lipinski definition) is 2. The summed E-state index contributed by atoms with van der Waals surface area (Å²) in [5.41, 5.74) is 2.55. The van der Waals surface area contributed by atoms with Crippen molar-refractivity contribution in [2.24, 2.45) is 0 Å². The van der Waals surface area contributed by atoms with Crippen LogP contribution in [0.2, 0.25) is 25.7 Å². The Labute approximate surface area is 145 Å². The summed E-state index contributed by atoms with van der Waals surface area (Å²) < 4.78 is 6.27. The molecule has 0 aliphatic carbocycles. The van der Waals surface area contributed by atoms with Crippen molar-refractivity contribution in [1.82, 2.24) is 0 Å². The molecule has 1 heterocycles. The minimum Gasteiger partial charge on any atom is -0.489 e. The highest BCUT2D eigenvalue weighted by Gasteiger charge is 2.34. The van der Waals surface area contributed by atoms with Crippen molar-refractivity contribution >= 4 is 19.6 Å². The van der Waals surface area contributed by atoms with Crippen LogP contribution >= 0.6 is 0 Å². The van der Waals surface area contributed by atoms with Crippen LogP contribution in [0.1, 0.15) is 22.3 Å². The quantitative estimate of drug-likeness (QED) is 0.539. The molecular formula is C21H24O2Si. The highest BCUT2D eigenvalue weighted by atomic mass is 28.3. The maximum Gasteiger partial charge on any atom is 0.192 e. The van der Waals surface area contributed by atoms with Crippen molar-refractivity contribution in [3.05, 3.63) is 77.4 Å². The van der Waals surface area contributed by atoms with Gasteiger partial charge in [0.05, 0.1) is 0 Å². The van der Waals surface area contributed by atoms with Crippen LogP contribution in [-0.4, -0.2) is 20.0 Å². The van der Waals surface area contributed by atoms with Gasteiger partial charge in [-0.3, -0.25) is 4.79 Å². The maximum absolute atomic E-state index is 13.0. The lowest BCUT2D eigenvalue weighted by molar-refractivity contribution is 0.103. The van der Waals surface area contributed by atoms with Gasteiger partial charge in [0.1, 0.15) is 11.9 Å². The fourth-order valence-electron chi connectivity index (χ4n) is 3.19. The van der Waals surface area contributed by atoms with E-state index < -0.39 is 8.07 Å². The molecule has 1 aliphatic heterocycles. The van der Waals surface area contributed by atoms with Gasteiger partial charge in [0.2, 0.25) is 0 Å². The average molecular weight is 337 g/mol. The van der Waals surface area contributed by atoms with E-state index in [-0.39, 0.29) is 11.9 Å². The number of carbonyl (C=O) groups excluding carboxylic acids is 1. The summed E-state index contributed by atoms with van der Waals surface area (Å²) in [6, 6.07) is 20.6. The maximum atomic E-state index is 13.0. The van der Waals surface area contributed by atoms with Crippen molar-refractivity contribution in [2.45, 2.75) is 38.2 Å². The van der Waals surface area contributed by atoms with E-state index in [9.17, 15) is 4.79 Å². The molecule has 2 aromatic carbocycles. The number of Topliss-reactive ketones (excluding diaryl/α,β-unsaturated/α-hetero) is 1. The molecule has 0 bridgehead atoms. The molecule has 0 fully saturated rings. The molecule has 24 heavy (non-hydrogen) atoms. The van der Waals surface area contributed by atoms with Gasteiger partial charge in [-0.2, -0.15) is 0 Å². The van der Waals surface area contributed by atoms with Gasteiger partial charge in [0, 0.05) is 31.2 Å². The topological polar surface area (TPSA) is 26.3 Å². The van der Waals surface area contributed by atoms with E-state index in [4.69, 9.17) is 4.74 Å². The van der Waals surface area contributed by atoms with E-state index >= 15 is 0 Å². The molecule has 0 amide bonds. The molecule has 3 heteroatoms. The molecule has 0 N–H and O–H groups in total. The van der Waals surface area contributed by atoms with E-state index in [1.54, 1.807) is 0 Å². The Morgan fingerprint density at radius 3 is 2.17 bits per heavy atom. The fourth-order valence-corrected chi connectivity index (χ4v) is 4.78. The Balaban J connectivity index is 1.95. The minimum absolute atomic E-state index is 0.0903. The first-order chi connectivity index (χ1) is 11.4. The standard InChI is InChI=1S/C21H24O2Si/c1-24(2,3)15-18-14-19(20(22)16-10-6-4-7-11-16)21(23-18)17-12-8-5-9-13-17/h4-13,18H,14-15H2,1-3H3. The lowest BCUT2D eigenvalue weighted by Gasteiger charge is -2.21. The molecule has 0 saturated carbocycles. The summed E-state index contributed by atoms with van der Waals surface area (Å²) in [6.45, 7) is 7.03. The summed E-state index contributed by atoms with van der Waals surface area (Å²) in [6.07, 6.45) is 0.830. The average Bonchev–Trinajstić information content (AvgIpc) is 2.97. The molecule has 0 saturated heterocycles. The third kappa shape index (κ3) is 3.85. The van der Waals surface area contributed by atoms with E-state index in [1.165, 1.54) is 0 Å². The summed E-state index contributed by atoms with van der Waals surface area (Å²) in [4.78, 5) is 13.0. The first-order valence-corrected chi connectivity index (χ1v) is 12.2. The predicted molar refractivity (Wildman–Crippen MR) is 102 cm³/mol. The number of hydrogen-bond donors (Lipinski definition) is 0. The van der Waals surface area contributed by atoms with Gasteiger partial charge in [-0.1, -0.05) is 80.3 Å². The second-order valence-electron chi connectivity index (χ2n) is 7.58. The zero-order chi connectivity index (χ0) is 17.2. The summed E-state index contributed by atoms with van der Waals surface area (Å²) in [5, 5.41) is 0. The van der Waals surface area contributed by atoms with Gasteiger partial charge >= 0.3 is 0 Å². The first kappa shape index (κ1) is 16.7. The molecule has 1 atom stereocenters. The molecule has 2 nitrogen and oxygen atoms in total. The van der Waals surface area contributed by atoms with Crippen molar-refractivity contribution in [3.63, 3.8) is 0 Å². The van der Waals surface area contributed by atoms with Crippen LogP contribution in [0.5, 0.6) is 0 Å². The summed E-state index contributed by atoms with van der Waals surface area (Å²) in [5.74, 6) is 0.861. The lowest BCUT2D eigenvalue weighted by atomic mass is 9.97. The van der Waals surface area contributed by atoms with Crippen molar-refractivity contribution in [1.29, 1.82) is 0 Å². The Hall–Kier alpha value is -2.13. The largest absolute Gasteiger partial charge is 0.489 e. The van der Waals surface area contributed by atoms with Crippen LogP contribution in [0, 0.1) is 0 Å². The van der Waals surface area contributed by atoms with Crippen LogP contribution in [0.15, 0.2) is 66.2 Å². The first-order valence-electron chi connectivity index (χ1n) is 8.49. The van der Waals surface area contributed by atoms with Crippen LogP contribution < -0.4 is 0 Å². The third-order valence-electron chi connectivity index (χ3n) is 4.18. The molecule has 2 aromatic rings. The monoisotopic (exact) mass is 336 g/mol. The third-order valence-corrected chi connectivity index (χ3v) is 5.86. The molecule has 0 aromatic heterocycles.